The molecule has 1 N–H and O–H groups in total. The second-order valence-electron chi connectivity index (χ2n) is 8.39. The maximum Gasteiger partial charge on any atom is 0.242 e. The second kappa shape index (κ2) is 9.59. The Bertz CT molecular complexity index is 855. The minimum atomic E-state index is -0.600. The summed E-state index contributed by atoms with van der Waals surface area (Å²) in [5.74, 6) is 0.470. The summed E-state index contributed by atoms with van der Waals surface area (Å²) in [7, 11) is 1.61. The lowest BCUT2D eigenvalue weighted by Gasteiger charge is -2.31. The molecule has 0 spiro atoms. The van der Waals surface area contributed by atoms with Crippen molar-refractivity contribution in [2.75, 3.05) is 7.11 Å². The first-order valence-electron chi connectivity index (χ1n) is 9.89. The van der Waals surface area contributed by atoms with Crippen LogP contribution in [0.2, 0.25) is 0 Å². The quantitative estimate of drug-likeness (QED) is 0.773. The maximum absolute atomic E-state index is 13.2. The van der Waals surface area contributed by atoms with Crippen molar-refractivity contribution >= 4 is 11.8 Å². The average molecular weight is 397 g/mol. The van der Waals surface area contributed by atoms with Crippen LogP contribution in [0.25, 0.3) is 0 Å². The van der Waals surface area contributed by atoms with Crippen LogP contribution in [0.4, 0.5) is 0 Å². The Morgan fingerprint density at radius 2 is 1.79 bits per heavy atom. The van der Waals surface area contributed by atoms with E-state index in [1.165, 1.54) is 0 Å². The first-order chi connectivity index (χ1) is 13.6. The molecule has 5 nitrogen and oxygen atoms in total. The van der Waals surface area contributed by atoms with Gasteiger partial charge in [0, 0.05) is 12.1 Å². The molecule has 0 aromatic heterocycles. The van der Waals surface area contributed by atoms with Gasteiger partial charge in [-0.25, -0.2) is 0 Å². The lowest BCUT2D eigenvalue weighted by molar-refractivity contribution is -0.140. The van der Waals surface area contributed by atoms with Crippen LogP contribution in [0.5, 0.6) is 5.75 Å². The van der Waals surface area contributed by atoms with Gasteiger partial charge in [-0.05, 0) is 63.4 Å². The molecule has 0 saturated carbocycles. The molecule has 5 heteroatoms. The number of nitrogens with one attached hydrogen (secondary N) is 1. The van der Waals surface area contributed by atoms with Crippen molar-refractivity contribution in [3.05, 3.63) is 65.2 Å². The number of carbonyl (C=O) groups excluding carboxylic acids is 2. The number of hydrogen-bond acceptors (Lipinski definition) is 3. The van der Waals surface area contributed by atoms with E-state index in [9.17, 15) is 9.59 Å². The Hall–Kier alpha value is -2.82. The third-order valence-corrected chi connectivity index (χ3v) is 4.76. The van der Waals surface area contributed by atoms with Crippen molar-refractivity contribution in [2.45, 2.75) is 59.2 Å². The molecule has 0 aliphatic carbocycles. The summed E-state index contributed by atoms with van der Waals surface area (Å²) in [6.07, 6.45) is 0.254. The Labute approximate surface area is 174 Å². The van der Waals surface area contributed by atoms with Crippen LogP contribution in [0.15, 0.2) is 48.5 Å². The first-order valence-corrected chi connectivity index (χ1v) is 9.89. The van der Waals surface area contributed by atoms with Crippen molar-refractivity contribution in [3.8, 4) is 5.75 Å². The van der Waals surface area contributed by atoms with E-state index in [-0.39, 0.29) is 23.8 Å². The summed E-state index contributed by atoms with van der Waals surface area (Å²) in [5.41, 5.74) is 2.58. The van der Waals surface area contributed by atoms with Gasteiger partial charge >= 0.3 is 0 Å². The Morgan fingerprint density at radius 1 is 1.10 bits per heavy atom. The molecule has 156 valence electrons. The third-order valence-electron chi connectivity index (χ3n) is 4.76. The molecule has 0 radical (unpaired) electrons. The van der Waals surface area contributed by atoms with Crippen LogP contribution < -0.4 is 10.1 Å². The van der Waals surface area contributed by atoms with E-state index < -0.39 is 6.04 Å². The summed E-state index contributed by atoms with van der Waals surface area (Å²) in [6, 6.07) is 14.8. The van der Waals surface area contributed by atoms with Gasteiger partial charge in [-0.2, -0.15) is 0 Å². The highest BCUT2D eigenvalue weighted by atomic mass is 16.5. The Morgan fingerprint density at radius 3 is 2.41 bits per heavy atom. The van der Waals surface area contributed by atoms with Gasteiger partial charge in [0.15, 0.2) is 0 Å². The van der Waals surface area contributed by atoms with Crippen LogP contribution in [0.1, 0.15) is 44.4 Å². The zero-order valence-electron chi connectivity index (χ0n) is 18.3. The standard InChI is InChI=1S/C24H32N2O3/c1-17-10-7-8-12-20(17)15-22(27)26(18(2)23(28)25-24(3,4)5)16-19-11-9-13-21(14-19)29-6/h7-14,18H,15-16H2,1-6H3,(H,25,28)/t18-/m0/s1. The van der Waals surface area contributed by atoms with Gasteiger partial charge in [0.25, 0.3) is 0 Å². The van der Waals surface area contributed by atoms with Gasteiger partial charge in [-0.3, -0.25) is 9.59 Å². The van der Waals surface area contributed by atoms with Gasteiger partial charge in [-0.1, -0.05) is 36.4 Å². The SMILES string of the molecule is COc1cccc(CN(C(=O)Cc2ccccc2C)[C@@H](C)C(=O)NC(C)(C)C)c1. The minimum Gasteiger partial charge on any atom is -0.497 e. The molecule has 0 heterocycles. The predicted octanol–water partition coefficient (Wildman–Crippen LogP) is 3.88. The predicted molar refractivity (Wildman–Crippen MR) is 116 cm³/mol. The van der Waals surface area contributed by atoms with E-state index in [2.05, 4.69) is 5.32 Å². The molecule has 1 atom stereocenters. The largest absolute Gasteiger partial charge is 0.497 e. The van der Waals surface area contributed by atoms with Crippen LogP contribution in [0.3, 0.4) is 0 Å². The normalized spacial score (nSPS) is 12.2. The zero-order valence-corrected chi connectivity index (χ0v) is 18.3. The highest BCUT2D eigenvalue weighted by Crippen LogP contribution is 2.18. The summed E-state index contributed by atoms with van der Waals surface area (Å²) in [4.78, 5) is 27.7. The van der Waals surface area contributed by atoms with Crippen LogP contribution >= 0.6 is 0 Å². The van der Waals surface area contributed by atoms with Crippen molar-refractivity contribution < 1.29 is 14.3 Å². The molecular formula is C24H32N2O3. The first kappa shape index (κ1) is 22.5. The van der Waals surface area contributed by atoms with E-state index in [4.69, 9.17) is 4.74 Å². The fraction of sp³-hybridized carbons (Fsp3) is 0.417. The van der Waals surface area contributed by atoms with E-state index in [0.29, 0.717) is 6.54 Å². The van der Waals surface area contributed by atoms with Crippen molar-refractivity contribution in [2.24, 2.45) is 0 Å². The minimum absolute atomic E-state index is 0.0846. The number of carbonyl (C=O) groups is 2. The fourth-order valence-corrected chi connectivity index (χ4v) is 3.10. The summed E-state index contributed by atoms with van der Waals surface area (Å²) in [6.45, 7) is 9.89. The van der Waals surface area contributed by atoms with Gasteiger partial charge in [0.1, 0.15) is 11.8 Å². The maximum atomic E-state index is 13.2. The van der Waals surface area contributed by atoms with Crippen LogP contribution in [-0.2, 0) is 22.6 Å². The van der Waals surface area contributed by atoms with Gasteiger partial charge in [0.2, 0.25) is 11.8 Å². The lowest BCUT2D eigenvalue weighted by atomic mass is 10.0. The fourth-order valence-electron chi connectivity index (χ4n) is 3.10. The zero-order chi connectivity index (χ0) is 21.6. The number of methoxy groups -OCH3 is 1. The average Bonchev–Trinajstić information content (AvgIpc) is 2.66. The highest BCUT2D eigenvalue weighted by Gasteiger charge is 2.28. The van der Waals surface area contributed by atoms with Crippen molar-refractivity contribution in [1.29, 1.82) is 0 Å². The topological polar surface area (TPSA) is 58.6 Å². The van der Waals surface area contributed by atoms with Crippen molar-refractivity contribution in [3.63, 3.8) is 0 Å². The summed E-state index contributed by atoms with van der Waals surface area (Å²) >= 11 is 0. The molecule has 0 saturated heterocycles. The molecule has 2 rings (SSSR count). The number of aryl methyl sites for hydroxylation is 1. The molecule has 2 aromatic rings. The lowest BCUT2D eigenvalue weighted by Crippen LogP contribution is -2.52. The Balaban J connectivity index is 2.29. The van der Waals surface area contributed by atoms with E-state index in [1.807, 2.05) is 76.2 Å². The molecule has 0 fully saturated rings. The van der Waals surface area contributed by atoms with E-state index in [0.717, 1.165) is 22.4 Å². The number of hydrogen-bond donors (Lipinski definition) is 1. The highest BCUT2D eigenvalue weighted by molar-refractivity contribution is 5.88. The van der Waals surface area contributed by atoms with E-state index >= 15 is 0 Å². The number of ether oxygens (including phenoxy) is 1. The summed E-state index contributed by atoms with van der Waals surface area (Å²) in [5, 5.41) is 2.98. The van der Waals surface area contributed by atoms with E-state index in [1.54, 1.807) is 18.9 Å². The smallest absolute Gasteiger partial charge is 0.242 e. The molecule has 0 unspecified atom stereocenters. The van der Waals surface area contributed by atoms with Gasteiger partial charge in [-0.15, -0.1) is 0 Å². The van der Waals surface area contributed by atoms with Crippen molar-refractivity contribution in [1.82, 2.24) is 10.2 Å². The molecule has 2 aromatic carbocycles. The summed E-state index contributed by atoms with van der Waals surface area (Å²) < 4.78 is 5.30. The molecular weight excluding hydrogens is 364 g/mol. The molecule has 29 heavy (non-hydrogen) atoms. The second-order valence-corrected chi connectivity index (χ2v) is 8.39. The molecule has 0 aliphatic rings. The Kier molecular flexibility index (Phi) is 7.43. The van der Waals surface area contributed by atoms with Gasteiger partial charge < -0.3 is 15.0 Å². The number of benzene rings is 2. The molecule has 2 amide bonds. The molecule has 0 aliphatic heterocycles. The monoisotopic (exact) mass is 396 g/mol. The van der Waals surface area contributed by atoms with Crippen LogP contribution in [0, 0.1) is 6.92 Å². The molecule has 0 bridgehead atoms. The van der Waals surface area contributed by atoms with Gasteiger partial charge in [0.05, 0.1) is 13.5 Å². The number of nitrogens with zero attached hydrogens (tertiary/aromatic N) is 1. The van der Waals surface area contributed by atoms with Crippen LogP contribution in [-0.4, -0.2) is 35.4 Å². The number of amides is 2. The number of rotatable bonds is 7. The third kappa shape index (κ3) is 6.63.